The van der Waals surface area contributed by atoms with E-state index in [9.17, 15) is 4.79 Å². The smallest absolute Gasteiger partial charge is 0.189 e. The van der Waals surface area contributed by atoms with Gasteiger partial charge >= 0.3 is 0 Å². The minimum absolute atomic E-state index is 0.0663. The van der Waals surface area contributed by atoms with Gasteiger partial charge in [0.1, 0.15) is 11.5 Å². The lowest BCUT2D eigenvalue weighted by atomic mass is 9.86. The molecular formula is C16H14O3. The van der Waals surface area contributed by atoms with Crippen molar-refractivity contribution in [3.63, 3.8) is 0 Å². The molecule has 3 rings (SSSR count). The fourth-order valence-corrected chi connectivity index (χ4v) is 2.35. The summed E-state index contributed by atoms with van der Waals surface area (Å²) in [5.41, 5.74) is 2.61. The van der Waals surface area contributed by atoms with Crippen LogP contribution >= 0.6 is 0 Å². The maximum absolute atomic E-state index is 12.4. The van der Waals surface area contributed by atoms with Crippen LogP contribution in [-0.4, -0.2) is 12.9 Å². The Morgan fingerprint density at radius 2 is 2.16 bits per heavy atom. The zero-order valence-corrected chi connectivity index (χ0v) is 10.7. The Bertz CT molecular complexity index is 636. The Hall–Kier alpha value is -2.29. The first-order valence-electron chi connectivity index (χ1n) is 6.23. The summed E-state index contributed by atoms with van der Waals surface area (Å²) >= 11 is 0. The maximum atomic E-state index is 12.4. The molecule has 3 nitrogen and oxygen atoms in total. The Morgan fingerprint density at radius 3 is 2.89 bits per heavy atom. The summed E-state index contributed by atoms with van der Waals surface area (Å²) in [7, 11) is 1.61. The molecule has 0 radical (unpaired) electrons. The number of fused-ring (bicyclic) bond motifs is 1. The van der Waals surface area contributed by atoms with Crippen molar-refractivity contribution in [1.82, 2.24) is 0 Å². The third-order valence-corrected chi connectivity index (χ3v) is 3.38. The van der Waals surface area contributed by atoms with Crippen LogP contribution in [0.5, 0.6) is 5.75 Å². The van der Waals surface area contributed by atoms with Crippen molar-refractivity contribution < 1.29 is 13.9 Å². The van der Waals surface area contributed by atoms with Crippen LogP contribution < -0.4 is 4.74 Å². The van der Waals surface area contributed by atoms with E-state index in [1.54, 1.807) is 13.4 Å². The van der Waals surface area contributed by atoms with Crippen molar-refractivity contribution in [2.24, 2.45) is 0 Å². The van der Waals surface area contributed by atoms with Crippen molar-refractivity contribution in [2.45, 2.75) is 12.8 Å². The van der Waals surface area contributed by atoms with E-state index in [4.69, 9.17) is 9.15 Å². The van der Waals surface area contributed by atoms with Crippen molar-refractivity contribution in [2.75, 3.05) is 7.11 Å². The summed E-state index contributed by atoms with van der Waals surface area (Å²) in [4.78, 5) is 12.4. The third-order valence-electron chi connectivity index (χ3n) is 3.38. The van der Waals surface area contributed by atoms with Gasteiger partial charge in [-0.3, -0.25) is 4.79 Å². The summed E-state index contributed by atoms with van der Waals surface area (Å²) in [6.45, 7) is 0. The molecule has 2 aromatic rings. The quantitative estimate of drug-likeness (QED) is 0.770. The SMILES string of the molecule is COc1ccc2c(c1)C(=O)/C(=C\c1ccco1)CC2. The molecule has 0 N–H and O–H groups in total. The van der Waals surface area contributed by atoms with Crippen LogP contribution in [0.15, 0.2) is 46.6 Å². The van der Waals surface area contributed by atoms with E-state index < -0.39 is 0 Å². The van der Waals surface area contributed by atoms with Gasteiger partial charge in [-0.05, 0) is 48.7 Å². The lowest BCUT2D eigenvalue weighted by Crippen LogP contribution is -2.14. The second-order valence-corrected chi connectivity index (χ2v) is 4.54. The summed E-state index contributed by atoms with van der Waals surface area (Å²) in [6.07, 6.45) is 5.05. The van der Waals surface area contributed by atoms with Crippen LogP contribution in [0.1, 0.15) is 28.1 Å². The number of allylic oxidation sites excluding steroid dienone is 1. The van der Waals surface area contributed by atoms with Gasteiger partial charge in [0.05, 0.1) is 13.4 Å². The first-order chi connectivity index (χ1) is 9.28. The number of carbonyl (C=O) groups excluding carboxylic acids is 1. The van der Waals surface area contributed by atoms with Crippen LogP contribution in [-0.2, 0) is 6.42 Å². The van der Waals surface area contributed by atoms with Crippen LogP contribution in [0.25, 0.3) is 6.08 Å². The second kappa shape index (κ2) is 4.76. The van der Waals surface area contributed by atoms with Gasteiger partial charge in [0.2, 0.25) is 0 Å². The third kappa shape index (κ3) is 2.19. The van der Waals surface area contributed by atoms with E-state index in [0.29, 0.717) is 5.75 Å². The van der Waals surface area contributed by atoms with Gasteiger partial charge in [-0.1, -0.05) is 6.07 Å². The minimum Gasteiger partial charge on any atom is -0.497 e. The zero-order valence-electron chi connectivity index (χ0n) is 10.7. The highest BCUT2D eigenvalue weighted by Crippen LogP contribution is 2.29. The van der Waals surface area contributed by atoms with Crippen molar-refractivity contribution in [3.8, 4) is 5.75 Å². The molecule has 3 heteroatoms. The number of benzene rings is 1. The number of hydrogen-bond donors (Lipinski definition) is 0. The highest BCUT2D eigenvalue weighted by Gasteiger charge is 2.22. The molecule has 96 valence electrons. The van der Waals surface area contributed by atoms with Crippen LogP contribution in [0, 0.1) is 0 Å². The monoisotopic (exact) mass is 254 g/mol. The molecule has 1 aromatic heterocycles. The lowest BCUT2D eigenvalue weighted by Gasteiger charge is -2.17. The highest BCUT2D eigenvalue weighted by atomic mass is 16.5. The topological polar surface area (TPSA) is 39.4 Å². The molecule has 1 aliphatic carbocycles. The molecule has 0 amide bonds. The molecular weight excluding hydrogens is 240 g/mol. The molecule has 0 unspecified atom stereocenters. The highest BCUT2D eigenvalue weighted by molar-refractivity contribution is 6.13. The molecule has 1 heterocycles. The first-order valence-corrected chi connectivity index (χ1v) is 6.23. The Labute approximate surface area is 111 Å². The van der Waals surface area contributed by atoms with Gasteiger partial charge in [0, 0.05) is 11.1 Å². The number of ketones is 1. The second-order valence-electron chi connectivity index (χ2n) is 4.54. The van der Waals surface area contributed by atoms with E-state index in [0.717, 1.165) is 35.3 Å². The number of furan rings is 1. The number of carbonyl (C=O) groups is 1. The standard InChI is InChI=1S/C16H14O3/c1-18-13-7-6-11-4-5-12(16(17)15(11)10-13)9-14-3-2-8-19-14/h2-3,6-10H,4-5H2,1H3/b12-9-. The molecule has 0 saturated carbocycles. The minimum atomic E-state index is 0.0663. The van der Waals surface area contributed by atoms with Gasteiger partial charge in [-0.15, -0.1) is 0 Å². The van der Waals surface area contributed by atoms with Gasteiger partial charge in [-0.25, -0.2) is 0 Å². The molecule has 0 spiro atoms. The number of hydrogen-bond acceptors (Lipinski definition) is 3. The number of methoxy groups -OCH3 is 1. The number of rotatable bonds is 2. The number of Topliss-reactive ketones (excluding diaryl/α,β-unsaturated/α-hetero) is 1. The van der Waals surface area contributed by atoms with E-state index in [1.165, 1.54) is 0 Å². The average molecular weight is 254 g/mol. The van der Waals surface area contributed by atoms with Gasteiger partial charge in [0.25, 0.3) is 0 Å². The lowest BCUT2D eigenvalue weighted by molar-refractivity contribution is 0.102. The molecule has 0 saturated heterocycles. The number of aryl methyl sites for hydroxylation is 1. The van der Waals surface area contributed by atoms with E-state index in [2.05, 4.69) is 0 Å². The van der Waals surface area contributed by atoms with Crippen molar-refractivity contribution in [3.05, 3.63) is 59.1 Å². The largest absolute Gasteiger partial charge is 0.497 e. The summed E-state index contributed by atoms with van der Waals surface area (Å²) in [6, 6.07) is 9.34. The molecule has 0 fully saturated rings. The summed E-state index contributed by atoms with van der Waals surface area (Å²) in [5, 5.41) is 0. The normalized spacial score (nSPS) is 16.5. The fourth-order valence-electron chi connectivity index (χ4n) is 2.35. The van der Waals surface area contributed by atoms with Crippen LogP contribution in [0.4, 0.5) is 0 Å². The summed E-state index contributed by atoms with van der Waals surface area (Å²) in [5.74, 6) is 1.50. The summed E-state index contributed by atoms with van der Waals surface area (Å²) < 4.78 is 10.4. The van der Waals surface area contributed by atoms with Crippen molar-refractivity contribution in [1.29, 1.82) is 0 Å². The predicted molar refractivity (Wildman–Crippen MR) is 72.3 cm³/mol. The molecule has 0 aliphatic heterocycles. The Kier molecular flexibility index (Phi) is 2.95. The zero-order chi connectivity index (χ0) is 13.2. The van der Waals surface area contributed by atoms with E-state index >= 15 is 0 Å². The van der Waals surface area contributed by atoms with Gasteiger partial charge < -0.3 is 9.15 Å². The Balaban J connectivity index is 1.99. The Morgan fingerprint density at radius 1 is 1.26 bits per heavy atom. The predicted octanol–water partition coefficient (Wildman–Crippen LogP) is 3.50. The fraction of sp³-hybridized carbons (Fsp3) is 0.188. The van der Waals surface area contributed by atoms with Crippen LogP contribution in [0.2, 0.25) is 0 Å². The molecule has 1 aromatic carbocycles. The van der Waals surface area contributed by atoms with Crippen molar-refractivity contribution >= 4 is 11.9 Å². The average Bonchev–Trinajstić information content (AvgIpc) is 2.95. The first kappa shape index (κ1) is 11.8. The molecule has 0 bridgehead atoms. The van der Waals surface area contributed by atoms with Gasteiger partial charge in [0.15, 0.2) is 5.78 Å². The van der Waals surface area contributed by atoms with Crippen LogP contribution in [0.3, 0.4) is 0 Å². The van der Waals surface area contributed by atoms with E-state index in [1.807, 2.05) is 36.4 Å². The molecule has 0 atom stereocenters. The molecule has 1 aliphatic rings. The maximum Gasteiger partial charge on any atom is 0.189 e. The van der Waals surface area contributed by atoms with E-state index in [-0.39, 0.29) is 5.78 Å². The van der Waals surface area contributed by atoms with Gasteiger partial charge in [-0.2, -0.15) is 0 Å². The molecule has 19 heavy (non-hydrogen) atoms. The number of ether oxygens (including phenoxy) is 1.